The van der Waals surface area contributed by atoms with Crippen molar-refractivity contribution in [1.82, 2.24) is 20.9 Å². The first kappa shape index (κ1) is 41.2. The summed E-state index contributed by atoms with van der Waals surface area (Å²) in [5, 5.41) is 17.7. The van der Waals surface area contributed by atoms with Gasteiger partial charge in [0.2, 0.25) is 17.7 Å². The van der Waals surface area contributed by atoms with E-state index in [1.807, 2.05) is 13.8 Å². The lowest BCUT2D eigenvalue weighted by atomic mass is 10.0. The SMILES string of the molecule is COC(=O)[C@H](CC(C)C)NC(=O)[C@H](CCCCN)NC(=O)[C@H](CO)NC(=O)CCCCCCCCCCN(C)C.Cl. The number of aliphatic hydroxyl groups excluding tert-OH is 1. The summed E-state index contributed by atoms with van der Waals surface area (Å²) in [6.45, 7) is 4.81. The number of halogens is 1. The summed E-state index contributed by atoms with van der Waals surface area (Å²) in [6, 6.07) is -2.97. The molecule has 41 heavy (non-hydrogen) atoms. The number of rotatable bonds is 24. The van der Waals surface area contributed by atoms with Gasteiger partial charge in [-0.25, -0.2) is 4.79 Å². The molecule has 0 fully saturated rings. The van der Waals surface area contributed by atoms with Crippen LogP contribution in [0.3, 0.4) is 0 Å². The Morgan fingerprint density at radius 1 is 0.780 bits per heavy atom. The van der Waals surface area contributed by atoms with E-state index in [9.17, 15) is 24.3 Å². The molecule has 6 N–H and O–H groups in total. The van der Waals surface area contributed by atoms with Crippen LogP contribution in [0.1, 0.15) is 97.3 Å². The lowest BCUT2D eigenvalue weighted by Gasteiger charge is -2.25. The van der Waals surface area contributed by atoms with Gasteiger partial charge in [0.05, 0.1) is 13.7 Å². The summed E-state index contributed by atoms with van der Waals surface area (Å²) in [7, 11) is 5.43. The van der Waals surface area contributed by atoms with Crippen molar-refractivity contribution >= 4 is 36.1 Å². The topological polar surface area (TPSA) is 163 Å². The van der Waals surface area contributed by atoms with Gasteiger partial charge in [-0.05, 0) is 71.6 Å². The highest BCUT2D eigenvalue weighted by molar-refractivity contribution is 5.93. The van der Waals surface area contributed by atoms with Crippen molar-refractivity contribution in [1.29, 1.82) is 0 Å². The number of carbonyl (C=O) groups is 4. The fourth-order valence-corrected chi connectivity index (χ4v) is 4.37. The third-order valence-electron chi connectivity index (χ3n) is 6.68. The zero-order valence-electron chi connectivity index (χ0n) is 26.0. The molecule has 0 rings (SSSR count). The third-order valence-corrected chi connectivity index (χ3v) is 6.68. The molecular formula is C29H58ClN5O6. The monoisotopic (exact) mass is 607 g/mol. The Kier molecular flexibility index (Phi) is 25.9. The Balaban J connectivity index is 0. The molecule has 0 aromatic heterocycles. The van der Waals surface area contributed by atoms with Crippen molar-refractivity contribution in [3.05, 3.63) is 0 Å². The van der Waals surface area contributed by atoms with Crippen molar-refractivity contribution in [2.75, 3.05) is 40.9 Å². The number of amides is 3. The van der Waals surface area contributed by atoms with Crippen molar-refractivity contribution in [2.45, 2.75) is 115 Å². The van der Waals surface area contributed by atoms with Crippen molar-refractivity contribution < 1.29 is 29.0 Å². The van der Waals surface area contributed by atoms with E-state index in [1.165, 1.54) is 32.8 Å². The summed E-state index contributed by atoms with van der Waals surface area (Å²) in [5.41, 5.74) is 5.58. The zero-order valence-corrected chi connectivity index (χ0v) is 26.9. The molecule has 0 saturated heterocycles. The van der Waals surface area contributed by atoms with E-state index in [0.29, 0.717) is 38.6 Å². The smallest absolute Gasteiger partial charge is 0.328 e. The molecule has 3 atom stereocenters. The number of methoxy groups -OCH3 is 1. The molecule has 0 aliphatic carbocycles. The maximum Gasteiger partial charge on any atom is 0.328 e. The van der Waals surface area contributed by atoms with Crippen LogP contribution in [-0.2, 0) is 23.9 Å². The second-order valence-corrected chi connectivity index (χ2v) is 11.2. The predicted molar refractivity (Wildman–Crippen MR) is 165 cm³/mol. The predicted octanol–water partition coefficient (Wildman–Crippen LogP) is 2.28. The van der Waals surface area contributed by atoms with Crippen LogP contribution in [0.25, 0.3) is 0 Å². The number of carbonyl (C=O) groups excluding carboxylic acids is 4. The van der Waals surface area contributed by atoms with E-state index < -0.39 is 42.5 Å². The van der Waals surface area contributed by atoms with Crippen LogP contribution in [-0.4, -0.2) is 92.7 Å². The Morgan fingerprint density at radius 3 is 1.83 bits per heavy atom. The summed E-state index contributed by atoms with van der Waals surface area (Å²) in [5.74, 6) is -1.93. The number of unbranched alkanes of at least 4 members (excludes halogenated alkanes) is 8. The summed E-state index contributed by atoms with van der Waals surface area (Å²) in [4.78, 5) is 52.7. The molecule has 0 unspecified atom stereocenters. The van der Waals surface area contributed by atoms with E-state index in [0.717, 1.165) is 25.8 Å². The number of hydrogen-bond acceptors (Lipinski definition) is 8. The number of aliphatic hydroxyl groups is 1. The van der Waals surface area contributed by atoms with Gasteiger partial charge in [-0.15, -0.1) is 12.4 Å². The quantitative estimate of drug-likeness (QED) is 0.0824. The van der Waals surface area contributed by atoms with Gasteiger partial charge in [0, 0.05) is 6.42 Å². The highest BCUT2D eigenvalue weighted by Crippen LogP contribution is 2.11. The lowest BCUT2D eigenvalue weighted by Crippen LogP contribution is -2.56. The highest BCUT2D eigenvalue weighted by atomic mass is 35.5. The molecule has 0 heterocycles. The molecule has 0 aliphatic heterocycles. The van der Waals surface area contributed by atoms with Gasteiger partial charge in [0.15, 0.2) is 0 Å². The van der Waals surface area contributed by atoms with Gasteiger partial charge in [0.1, 0.15) is 18.1 Å². The normalized spacial score (nSPS) is 13.2. The molecule has 0 aromatic carbocycles. The fraction of sp³-hybridized carbons (Fsp3) is 0.862. The van der Waals surface area contributed by atoms with Crippen molar-refractivity contribution in [3.8, 4) is 0 Å². The van der Waals surface area contributed by atoms with Gasteiger partial charge >= 0.3 is 5.97 Å². The van der Waals surface area contributed by atoms with E-state index in [4.69, 9.17) is 10.5 Å². The van der Waals surface area contributed by atoms with Crippen LogP contribution in [0.4, 0.5) is 0 Å². The molecule has 0 bridgehead atoms. The maximum atomic E-state index is 13.0. The molecular weight excluding hydrogens is 550 g/mol. The van der Waals surface area contributed by atoms with E-state index >= 15 is 0 Å². The van der Waals surface area contributed by atoms with Crippen molar-refractivity contribution in [2.24, 2.45) is 11.7 Å². The second-order valence-electron chi connectivity index (χ2n) is 11.2. The number of nitrogens with zero attached hydrogens (tertiary/aromatic N) is 1. The van der Waals surface area contributed by atoms with Crippen LogP contribution >= 0.6 is 12.4 Å². The molecule has 0 aromatic rings. The number of esters is 1. The van der Waals surface area contributed by atoms with Crippen LogP contribution in [0.2, 0.25) is 0 Å². The van der Waals surface area contributed by atoms with Crippen LogP contribution in [0.5, 0.6) is 0 Å². The van der Waals surface area contributed by atoms with E-state index in [2.05, 4.69) is 34.9 Å². The van der Waals surface area contributed by atoms with E-state index in [-0.39, 0.29) is 30.7 Å². The number of nitrogens with one attached hydrogen (secondary N) is 3. The second kappa shape index (κ2) is 25.7. The van der Waals surface area contributed by atoms with Gasteiger partial charge in [-0.1, -0.05) is 52.4 Å². The number of hydrogen-bond donors (Lipinski definition) is 5. The van der Waals surface area contributed by atoms with Gasteiger partial charge in [-0.2, -0.15) is 0 Å². The average molecular weight is 608 g/mol. The summed E-state index contributed by atoms with van der Waals surface area (Å²) >= 11 is 0. The first-order valence-corrected chi connectivity index (χ1v) is 15.0. The van der Waals surface area contributed by atoms with Crippen LogP contribution < -0.4 is 21.7 Å². The summed E-state index contributed by atoms with van der Waals surface area (Å²) < 4.78 is 4.81. The Morgan fingerprint density at radius 2 is 1.32 bits per heavy atom. The Labute approximate surface area is 253 Å². The Hall–Kier alpha value is -1.95. The molecule has 12 heteroatoms. The first-order chi connectivity index (χ1) is 19.0. The van der Waals surface area contributed by atoms with Crippen LogP contribution in [0, 0.1) is 5.92 Å². The van der Waals surface area contributed by atoms with Gasteiger partial charge < -0.3 is 36.4 Å². The molecule has 3 amide bonds. The lowest BCUT2D eigenvalue weighted by molar-refractivity contribution is -0.146. The van der Waals surface area contributed by atoms with Gasteiger partial charge in [0.25, 0.3) is 0 Å². The molecule has 0 radical (unpaired) electrons. The molecule has 0 spiro atoms. The summed E-state index contributed by atoms with van der Waals surface area (Å²) in [6.07, 6.45) is 10.9. The maximum absolute atomic E-state index is 13.0. The van der Waals surface area contributed by atoms with Crippen molar-refractivity contribution in [3.63, 3.8) is 0 Å². The highest BCUT2D eigenvalue weighted by Gasteiger charge is 2.29. The average Bonchev–Trinajstić information content (AvgIpc) is 2.90. The number of nitrogens with two attached hydrogens (primary N) is 1. The molecule has 242 valence electrons. The third kappa shape index (κ3) is 21.4. The zero-order chi connectivity index (χ0) is 30.3. The molecule has 0 saturated carbocycles. The number of ether oxygens (including phenoxy) is 1. The van der Waals surface area contributed by atoms with Crippen LogP contribution in [0.15, 0.2) is 0 Å². The minimum absolute atomic E-state index is 0. The first-order valence-electron chi connectivity index (χ1n) is 15.0. The minimum atomic E-state index is -1.17. The van der Waals surface area contributed by atoms with E-state index in [1.54, 1.807) is 0 Å². The Bertz CT molecular complexity index is 726. The molecule has 11 nitrogen and oxygen atoms in total. The largest absolute Gasteiger partial charge is 0.467 e. The standard InChI is InChI=1S/C29H57N5O6.ClH/c1-22(2)20-24(29(39)40-5)33-27(37)23(16-13-14-18-30)32-28(38)25(21-35)31-26(36)17-12-10-8-6-7-9-11-15-19-34(3)4;/h22-25,35H,6-21,30H2,1-5H3,(H,31,36)(H,32,38)(H,33,37);1H/t23-,24-,25-;/m0./s1. The molecule has 0 aliphatic rings. The van der Waals surface area contributed by atoms with Gasteiger partial charge in [-0.3, -0.25) is 14.4 Å². The minimum Gasteiger partial charge on any atom is -0.467 e. The fourth-order valence-electron chi connectivity index (χ4n) is 4.37.